The minimum Gasteiger partial charge on any atom is -0.392 e. The number of H-pyrrole nitrogens is 1. The predicted octanol–water partition coefficient (Wildman–Crippen LogP) is -0.238. The summed E-state index contributed by atoms with van der Waals surface area (Å²) in [6, 6.07) is 0. The van der Waals surface area contributed by atoms with Gasteiger partial charge >= 0.3 is 0 Å². The summed E-state index contributed by atoms with van der Waals surface area (Å²) in [5, 5.41) is 15.7. The summed E-state index contributed by atoms with van der Waals surface area (Å²) < 4.78 is 32.2. The number of aliphatic hydroxyl groups is 1. The molecule has 0 spiro atoms. The Kier molecular flexibility index (Phi) is 3.12. The molecular formula is C11H17N3O4S. The molecule has 2 aliphatic heterocycles. The van der Waals surface area contributed by atoms with Crippen molar-refractivity contribution in [2.24, 2.45) is 0 Å². The zero-order chi connectivity index (χ0) is 13.6. The summed E-state index contributed by atoms with van der Waals surface area (Å²) >= 11 is 0. The number of nitrogens with one attached hydrogen (secondary N) is 1. The molecule has 19 heavy (non-hydrogen) atoms. The number of aliphatic hydroxyl groups excluding tert-OH is 1. The Hall–Kier alpha value is -0.960. The van der Waals surface area contributed by atoms with Crippen LogP contribution in [0, 0.1) is 6.92 Å². The van der Waals surface area contributed by atoms with Crippen molar-refractivity contribution in [1.29, 1.82) is 0 Å². The summed E-state index contributed by atoms with van der Waals surface area (Å²) in [5.74, 6) is 0. The summed E-state index contributed by atoms with van der Waals surface area (Å²) in [5.41, 5.74) is 0.927. The Bertz CT molecular complexity index is 571. The van der Waals surface area contributed by atoms with Crippen LogP contribution in [0.1, 0.15) is 24.1 Å². The SMILES string of the molecule is Cc1[nH]nc(S(=O)(=O)N2CC3CCC(C2)O3)c1CO. The zero-order valence-electron chi connectivity index (χ0n) is 10.7. The lowest BCUT2D eigenvalue weighted by Gasteiger charge is -2.30. The molecule has 3 heterocycles. The van der Waals surface area contributed by atoms with Crippen LogP contribution in [0.25, 0.3) is 0 Å². The van der Waals surface area contributed by atoms with E-state index in [9.17, 15) is 13.5 Å². The predicted molar refractivity (Wildman–Crippen MR) is 65.9 cm³/mol. The van der Waals surface area contributed by atoms with Gasteiger partial charge in [-0.1, -0.05) is 0 Å². The van der Waals surface area contributed by atoms with Crippen LogP contribution in [-0.4, -0.2) is 53.3 Å². The highest BCUT2D eigenvalue weighted by molar-refractivity contribution is 7.89. The van der Waals surface area contributed by atoms with E-state index in [2.05, 4.69) is 10.2 Å². The van der Waals surface area contributed by atoms with Gasteiger partial charge in [-0.3, -0.25) is 5.10 Å². The summed E-state index contributed by atoms with van der Waals surface area (Å²) in [6.07, 6.45) is 1.80. The lowest BCUT2D eigenvalue weighted by atomic mass is 10.2. The van der Waals surface area contributed by atoms with Crippen LogP contribution in [0.2, 0.25) is 0 Å². The number of fused-ring (bicyclic) bond motifs is 2. The Morgan fingerprint density at radius 3 is 2.63 bits per heavy atom. The summed E-state index contributed by atoms with van der Waals surface area (Å²) in [4.78, 5) is 0. The quantitative estimate of drug-likeness (QED) is 0.800. The van der Waals surface area contributed by atoms with Gasteiger partial charge in [0, 0.05) is 24.3 Å². The maximum Gasteiger partial charge on any atom is 0.262 e. The molecule has 0 radical (unpaired) electrons. The Morgan fingerprint density at radius 1 is 1.42 bits per heavy atom. The molecule has 1 aromatic heterocycles. The van der Waals surface area contributed by atoms with Crippen molar-refractivity contribution >= 4 is 10.0 Å². The molecule has 0 saturated carbocycles. The van der Waals surface area contributed by atoms with E-state index in [1.54, 1.807) is 6.92 Å². The molecule has 0 aromatic carbocycles. The van der Waals surface area contributed by atoms with E-state index in [1.165, 1.54) is 4.31 Å². The number of aromatic nitrogens is 2. The van der Waals surface area contributed by atoms with E-state index in [0.29, 0.717) is 24.3 Å². The van der Waals surface area contributed by atoms with Gasteiger partial charge in [-0.15, -0.1) is 0 Å². The molecule has 2 unspecified atom stereocenters. The van der Waals surface area contributed by atoms with Gasteiger partial charge in [-0.25, -0.2) is 8.42 Å². The molecule has 2 fully saturated rings. The summed E-state index contributed by atoms with van der Waals surface area (Å²) in [7, 11) is -3.66. The maximum atomic E-state index is 12.6. The van der Waals surface area contributed by atoms with Crippen LogP contribution in [0.5, 0.6) is 0 Å². The average molecular weight is 287 g/mol. The highest BCUT2D eigenvalue weighted by atomic mass is 32.2. The van der Waals surface area contributed by atoms with Crippen molar-refractivity contribution in [2.75, 3.05) is 13.1 Å². The van der Waals surface area contributed by atoms with E-state index in [-0.39, 0.29) is 23.8 Å². The molecule has 2 atom stereocenters. The normalized spacial score (nSPS) is 27.9. The Labute approximate surface area is 111 Å². The summed E-state index contributed by atoms with van der Waals surface area (Å²) in [6.45, 7) is 2.10. The van der Waals surface area contributed by atoms with Gasteiger partial charge in [0.1, 0.15) is 0 Å². The number of hydrogen-bond acceptors (Lipinski definition) is 5. The van der Waals surface area contributed by atoms with Crippen LogP contribution in [0.4, 0.5) is 0 Å². The van der Waals surface area contributed by atoms with Crippen molar-refractivity contribution in [3.8, 4) is 0 Å². The number of aromatic amines is 1. The van der Waals surface area contributed by atoms with Crippen molar-refractivity contribution in [3.63, 3.8) is 0 Å². The van der Waals surface area contributed by atoms with Gasteiger partial charge in [0.25, 0.3) is 10.0 Å². The molecule has 8 heteroatoms. The first-order valence-electron chi connectivity index (χ1n) is 6.32. The van der Waals surface area contributed by atoms with Crippen molar-refractivity contribution < 1.29 is 18.3 Å². The number of rotatable bonds is 3. The van der Waals surface area contributed by atoms with Crippen LogP contribution < -0.4 is 0 Å². The topological polar surface area (TPSA) is 95.5 Å². The first kappa shape index (κ1) is 13.0. The Morgan fingerprint density at radius 2 is 2.05 bits per heavy atom. The van der Waals surface area contributed by atoms with Gasteiger partial charge in [-0.05, 0) is 19.8 Å². The van der Waals surface area contributed by atoms with E-state index in [4.69, 9.17) is 4.74 Å². The lowest BCUT2D eigenvalue weighted by molar-refractivity contribution is -0.0115. The third-order valence-electron chi connectivity index (χ3n) is 3.79. The minimum atomic E-state index is -3.66. The number of ether oxygens (including phenoxy) is 1. The molecule has 2 aliphatic rings. The molecule has 2 bridgehead atoms. The van der Waals surface area contributed by atoms with Crippen LogP contribution in [0.3, 0.4) is 0 Å². The third kappa shape index (κ3) is 2.08. The van der Waals surface area contributed by atoms with Gasteiger partial charge in [0.2, 0.25) is 0 Å². The number of sulfonamides is 1. The third-order valence-corrected chi connectivity index (χ3v) is 5.59. The van der Waals surface area contributed by atoms with Crippen molar-refractivity contribution in [1.82, 2.24) is 14.5 Å². The van der Waals surface area contributed by atoms with E-state index >= 15 is 0 Å². The Balaban J connectivity index is 1.94. The van der Waals surface area contributed by atoms with Crippen molar-refractivity contribution in [3.05, 3.63) is 11.3 Å². The standard InChI is InChI=1S/C11H17N3O4S/c1-7-10(6-15)11(13-12-7)19(16,17)14-4-8-2-3-9(5-14)18-8/h8-9,15H,2-6H2,1H3,(H,12,13). The van der Waals surface area contributed by atoms with Gasteiger partial charge in [0.15, 0.2) is 5.03 Å². The van der Waals surface area contributed by atoms with E-state index in [1.807, 2.05) is 0 Å². The molecular weight excluding hydrogens is 270 g/mol. The van der Waals surface area contributed by atoms with Crippen LogP contribution >= 0.6 is 0 Å². The molecule has 7 nitrogen and oxygen atoms in total. The van der Waals surface area contributed by atoms with E-state index < -0.39 is 10.0 Å². The van der Waals surface area contributed by atoms with Crippen LogP contribution in [-0.2, 0) is 21.4 Å². The van der Waals surface area contributed by atoms with Gasteiger partial charge in [-0.2, -0.15) is 9.40 Å². The zero-order valence-corrected chi connectivity index (χ0v) is 11.5. The largest absolute Gasteiger partial charge is 0.392 e. The number of aryl methyl sites for hydroxylation is 1. The molecule has 2 N–H and O–H groups in total. The first-order chi connectivity index (χ1) is 9.02. The second kappa shape index (κ2) is 4.55. The molecule has 106 valence electrons. The second-order valence-corrected chi connectivity index (χ2v) is 6.92. The number of nitrogens with zero attached hydrogens (tertiary/aromatic N) is 2. The highest BCUT2D eigenvalue weighted by Gasteiger charge is 2.41. The molecule has 1 aromatic rings. The fourth-order valence-corrected chi connectivity index (χ4v) is 4.39. The number of morpholine rings is 1. The average Bonchev–Trinajstić information content (AvgIpc) is 2.92. The van der Waals surface area contributed by atoms with Crippen LogP contribution in [0.15, 0.2) is 5.03 Å². The lowest BCUT2D eigenvalue weighted by Crippen LogP contribution is -2.46. The molecule has 0 aliphatic carbocycles. The minimum absolute atomic E-state index is 0.00820. The molecule has 3 rings (SSSR count). The second-order valence-electron chi connectivity index (χ2n) is 5.07. The van der Waals surface area contributed by atoms with Gasteiger partial charge in [0.05, 0.1) is 18.8 Å². The fourth-order valence-electron chi connectivity index (χ4n) is 2.73. The highest BCUT2D eigenvalue weighted by Crippen LogP contribution is 2.30. The first-order valence-corrected chi connectivity index (χ1v) is 7.76. The maximum absolute atomic E-state index is 12.6. The smallest absolute Gasteiger partial charge is 0.262 e. The van der Waals surface area contributed by atoms with Crippen molar-refractivity contribution in [2.45, 2.75) is 43.6 Å². The monoisotopic (exact) mass is 287 g/mol. The van der Waals surface area contributed by atoms with E-state index in [0.717, 1.165) is 12.8 Å². The van der Waals surface area contributed by atoms with Gasteiger partial charge < -0.3 is 9.84 Å². The number of hydrogen-bond donors (Lipinski definition) is 2. The molecule has 0 amide bonds. The fraction of sp³-hybridized carbons (Fsp3) is 0.727. The molecule has 2 saturated heterocycles.